The molecule has 134 valence electrons. The molecule has 0 bridgehead atoms. The van der Waals surface area contributed by atoms with Gasteiger partial charge in [0.25, 0.3) is 0 Å². The minimum atomic E-state index is -3.61. The molecule has 0 saturated heterocycles. The molecular formula is C19H23NO4S. The Balaban J connectivity index is 1.83. The van der Waals surface area contributed by atoms with E-state index in [9.17, 15) is 8.42 Å². The molecule has 2 aromatic carbocycles. The highest BCUT2D eigenvalue weighted by Gasteiger charge is 2.27. The van der Waals surface area contributed by atoms with E-state index in [1.807, 2.05) is 45.0 Å². The first-order valence-electron chi connectivity index (χ1n) is 8.20. The van der Waals surface area contributed by atoms with Crippen LogP contribution < -0.4 is 14.2 Å². The summed E-state index contributed by atoms with van der Waals surface area (Å²) in [5, 5.41) is 0. The van der Waals surface area contributed by atoms with Crippen LogP contribution in [0.2, 0.25) is 0 Å². The lowest BCUT2D eigenvalue weighted by atomic mass is 10.0. The van der Waals surface area contributed by atoms with Crippen LogP contribution >= 0.6 is 0 Å². The molecule has 1 N–H and O–H groups in total. The molecule has 1 heterocycles. The van der Waals surface area contributed by atoms with Crippen LogP contribution in [0.1, 0.15) is 22.3 Å². The van der Waals surface area contributed by atoms with Crippen LogP contribution in [0.5, 0.6) is 11.5 Å². The summed E-state index contributed by atoms with van der Waals surface area (Å²) in [6.07, 6.45) is 0.565. The maximum absolute atomic E-state index is 12.8. The van der Waals surface area contributed by atoms with Gasteiger partial charge in [0.15, 0.2) is 0 Å². The molecule has 0 fully saturated rings. The molecule has 2 aromatic rings. The Kier molecular flexibility index (Phi) is 4.75. The molecule has 1 aliphatic rings. The van der Waals surface area contributed by atoms with Crippen molar-refractivity contribution < 1.29 is 17.9 Å². The third kappa shape index (κ3) is 3.65. The number of aryl methyl sites for hydroxylation is 3. The molecule has 0 radical (unpaired) electrons. The third-order valence-corrected chi connectivity index (χ3v) is 6.24. The van der Waals surface area contributed by atoms with Crippen LogP contribution in [0, 0.1) is 20.8 Å². The maximum Gasteiger partial charge on any atom is 0.241 e. The fourth-order valence-electron chi connectivity index (χ4n) is 3.08. The van der Waals surface area contributed by atoms with Crippen molar-refractivity contribution in [3.8, 4) is 11.5 Å². The summed E-state index contributed by atoms with van der Waals surface area (Å²) < 4.78 is 39.4. The molecule has 0 aliphatic carbocycles. The van der Waals surface area contributed by atoms with Gasteiger partial charge in [0, 0.05) is 0 Å². The molecule has 0 spiro atoms. The normalized spacial score (nSPS) is 16.9. The molecule has 1 aliphatic heterocycles. The van der Waals surface area contributed by atoms with E-state index in [0.29, 0.717) is 17.9 Å². The molecule has 5 nitrogen and oxygen atoms in total. The zero-order chi connectivity index (χ0) is 18.2. The van der Waals surface area contributed by atoms with Crippen LogP contribution in [-0.4, -0.2) is 28.2 Å². The van der Waals surface area contributed by atoms with Gasteiger partial charge in [0.2, 0.25) is 10.0 Å². The lowest BCUT2D eigenvalue weighted by Crippen LogP contribution is -2.42. The van der Waals surface area contributed by atoms with Crippen molar-refractivity contribution in [3.63, 3.8) is 0 Å². The zero-order valence-corrected chi connectivity index (χ0v) is 15.7. The first kappa shape index (κ1) is 17.8. The van der Waals surface area contributed by atoms with E-state index < -0.39 is 10.0 Å². The van der Waals surface area contributed by atoms with Gasteiger partial charge in [-0.3, -0.25) is 0 Å². The summed E-state index contributed by atoms with van der Waals surface area (Å²) in [6, 6.07) is 8.89. The van der Waals surface area contributed by atoms with E-state index in [1.165, 1.54) is 0 Å². The Bertz CT molecular complexity index is 906. The first-order chi connectivity index (χ1) is 11.8. The largest absolute Gasteiger partial charge is 0.497 e. The van der Waals surface area contributed by atoms with E-state index in [0.717, 1.165) is 33.8 Å². The monoisotopic (exact) mass is 361 g/mol. The molecular weight excluding hydrogens is 338 g/mol. The van der Waals surface area contributed by atoms with Gasteiger partial charge < -0.3 is 9.47 Å². The standard InChI is InChI=1S/C19H23NO4S/c1-12-7-14(3)19(8-13(12)2)25(21,22)20-16-9-15-10-17(23-4)5-6-18(15)24-11-16/h5-8,10,16,20H,9,11H2,1-4H3/t16-/m1/s1. The van der Waals surface area contributed by atoms with Crippen LogP contribution in [0.15, 0.2) is 35.2 Å². The maximum atomic E-state index is 12.8. The van der Waals surface area contributed by atoms with Crippen molar-refractivity contribution >= 4 is 10.0 Å². The minimum absolute atomic E-state index is 0.308. The molecule has 3 rings (SSSR count). The van der Waals surface area contributed by atoms with Crippen molar-refractivity contribution in [1.82, 2.24) is 4.72 Å². The smallest absolute Gasteiger partial charge is 0.241 e. The van der Waals surface area contributed by atoms with Crippen molar-refractivity contribution in [2.45, 2.75) is 38.1 Å². The predicted octanol–water partition coefficient (Wildman–Crippen LogP) is 2.90. The van der Waals surface area contributed by atoms with Gasteiger partial charge in [-0.05, 0) is 73.7 Å². The number of methoxy groups -OCH3 is 1. The average molecular weight is 361 g/mol. The summed E-state index contributed by atoms with van der Waals surface area (Å²) >= 11 is 0. The predicted molar refractivity (Wildman–Crippen MR) is 97.0 cm³/mol. The Morgan fingerprint density at radius 3 is 2.52 bits per heavy atom. The van der Waals surface area contributed by atoms with E-state index in [2.05, 4.69) is 4.72 Å². The highest BCUT2D eigenvalue weighted by Crippen LogP contribution is 2.29. The second-order valence-electron chi connectivity index (χ2n) is 6.51. The number of hydrogen-bond acceptors (Lipinski definition) is 4. The van der Waals surface area contributed by atoms with E-state index in [4.69, 9.17) is 9.47 Å². The lowest BCUT2D eigenvalue weighted by Gasteiger charge is -2.26. The van der Waals surface area contributed by atoms with Crippen LogP contribution in [0.3, 0.4) is 0 Å². The number of benzene rings is 2. The highest BCUT2D eigenvalue weighted by molar-refractivity contribution is 7.89. The summed E-state index contributed by atoms with van der Waals surface area (Å²) in [5.74, 6) is 1.51. The summed E-state index contributed by atoms with van der Waals surface area (Å²) in [5.41, 5.74) is 3.73. The summed E-state index contributed by atoms with van der Waals surface area (Å²) in [7, 11) is -2.00. The molecule has 25 heavy (non-hydrogen) atoms. The molecule has 6 heteroatoms. The van der Waals surface area contributed by atoms with Gasteiger partial charge in [0.1, 0.15) is 18.1 Å². The van der Waals surface area contributed by atoms with Gasteiger partial charge in [-0.25, -0.2) is 13.1 Å². The second-order valence-corrected chi connectivity index (χ2v) is 8.19. The number of nitrogens with one attached hydrogen (secondary N) is 1. The molecule has 0 aromatic heterocycles. The van der Waals surface area contributed by atoms with Crippen molar-refractivity contribution in [2.75, 3.05) is 13.7 Å². The van der Waals surface area contributed by atoms with Crippen molar-refractivity contribution in [1.29, 1.82) is 0 Å². The van der Waals surface area contributed by atoms with Crippen LogP contribution in [0.25, 0.3) is 0 Å². The van der Waals surface area contributed by atoms with Crippen molar-refractivity contribution in [2.24, 2.45) is 0 Å². The van der Waals surface area contributed by atoms with Gasteiger partial charge >= 0.3 is 0 Å². The Morgan fingerprint density at radius 2 is 1.80 bits per heavy atom. The van der Waals surface area contributed by atoms with Crippen LogP contribution in [0.4, 0.5) is 0 Å². The molecule has 0 unspecified atom stereocenters. The molecule has 0 saturated carbocycles. The molecule has 1 atom stereocenters. The van der Waals surface area contributed by atoms with Gasteiger partial charge in [-0.15, -0.1) is 0 Å². The van der Waals surface area contributed by atoms with Gasteiger partial charge in [0.05, 0.1) is 18.0 Å². The topological polar surface area (TPSA) is 64.6 Å². The second kappa shape index (κ2) is 6.69. The van der Waals surface area contributed by atoms with E-state index in [-0.39, 0.29) is 6.04 Å². The Morgan fingerprint density at radius 1 is 1.08 bits per heavy atom. The number of ether oxygens (including phenoxy) is 2. The summed E-state index contributed by atoms with van der Waals surface area (Å²) in [6.45, 7) is 6.02. The van der Waals surface area contributed by atoms with Crippen LogP contribution in [-0.2, 0) is 16.4 Å². The SMILES string of the molecule is COc1ccc2c(c1)C[C@@H](NS(=O)(=O)c1cc(C)c(C)cc1C)CO2. The Labute approximate surface area is 149 Å². The molecule has 0 amide bonds. The number of fused-ring (bicyclic) bond motifs is 1. The minimum Gasteiger partial charge on any atom is -0.497 e. The summed E-state index contributed by atoms with van der Waals surface area (Å²) in [4.78, 5) is 0.326. The zero-order valence-electron chi connectivity index (χ0n) is 14.9. The fraction of sp³-hybridized carbons (Fsp3) is 0.368. The quantitative estimate of drug-likeness (QED) is 0.909. The first-order valence-corrected chi connectivity index (χ1v) is 9.68. The van der Waals surface area contributed by atoms with E-state index >= 15 is 0 Å². The Hall–Kier alpha value is -2.05. The van der Waals surface area contributed by atoms with Gasteiger partial charge in [-0.1, -0.05) is 6.07 Å². The number of hydrogen-bond donors (Lipinski definition) is 1. The highest BCUT2D eigenvalue weighted by atomic mass is 32.2. The average Bonchev–Trinajstić information content (AvgIpc) is 2.56. The fourth-order valence-corrected chi connectivity index (χ4v) is 4.61. The number of sulfonamides is 1. The number of rotatable bonds is 4. The van der Waals surface area contributed by atoms with Gasteiger partial charge in [-0.2, -0.15) is 0 Å². The van der Waals surface area contributed by atoms with Crippen molar-refractivity contribution in [3.05, 3.63) is 52.6 Å². The van der Waals surface area contributed by atoms with E-state index in [1.54, 1.807) is 13.2 Å². The lowest BCUT2D eigenvalue weighted by molar-refractivity contribution is 0.253. The third-order valence-electron chi connectivity index (χ3n) is 4.58.